The largest absolute Gasteiger partial charge is 0.363 e. The van der Waals surface area contributed by atoms with E-state index in [1.54, 1.807) is 0 Å². The molecule has 0 saturated carbocycles. The molecule has 1 rings (SSSR count). The molecule has 0 unspecified atom stereocenters. The molecule has 1 aliphatic rings. The van der Waals surface area contributed by atoms with Gasteiger partial charge in [0.1, 0.15) is 0 Å². The van der Waals surface area contributed by atoms with Crippen LogP contribution in [-0.4, -0.2) is 38.0 Å². The van der Waals surface area contributed by atoms with Crippen molar-refractivity contribution in [3.63, 3.8) is 0 Å². The molecule has 3 heteroatoms. The fourth-order valence-electron chi connectivity index (χ4n) is 0.888. The number of hydrogen-bond donors (Lipinski definition) is 1. The highest BCUT2D eigenvalue weighted by molar-refractivity contribution is 4.66. The van der Waals surface area contributed by atoms with Crippen molar-refractivity contribution in [3.05, 3.63) is 0 Å². The lowest BCUT2D eigenvalue weighted by Gasteiger charge is -2.20. The molecular weight excluding hydrogens is 116 g/mol. The normalized spacial score (nSPS) is 27.7. The molecule has 3 nitrogen and oxygen atoms in total. The van der Waals surface area contributed by atoms with Gasteiger partial charge in [-0.25, -0.2) is 0 Å². The predicted octanol–water partition coefficient (Wildman–Crippen LogP) is -0.159. The molecule has 0 amide bonds. The molecule has 0 radical (unpaired) electrons. The van der Waals surface area contributed by atoms with Gasteiger partial charge >= 0.3 is 0 Å². The van der Waals surface area contributed by atoms with Gasteiger partial charge < -0.3 is 4.74 Å². The van der Waals surface area contributed by atoms with Crippen molar-refractivity contribution in [2.24, 2.45) is 0 Å². The highest BCUT2D eigenvalue weighted by atomic mass is 16.5. The van der Waals surface area contributed by atoms with Crippen molar-refractivity contribution in [1.82, 2.24) is 10.2 Å². The molecule has 0 aliphatic carbocycles. The van der Waals surface area contributed by atoms with Crippen LogP contribution in [0, 0.1) is 0 Å². The number of nitrogens with one attached hydrogen (secondary N) is 1. The van der Waals surface area contributed by atoms with E-state index in [1.165, 1.54) is 0 Å². The molecule has 0 aromatic rings. The first kappa shape index (κ1) is 6.99. The summed E-state index contributed by atoms with van der Waals surface area (Å²) >= 11 is 0. The quantitative estimate of drug-likeness (QED) is 0.562. The summed E-state index contributed by atoms with van der Waals surface area (Å²) in [7, 11) is 2.09. The lowest BCUT2D eigenvalue weighted by molar-refractivity contribution is 0.162. The predicted molar refractivity (Wildman–Crippen MR) is 36.0 cm³/mol. The molecule has 54 valence electrons. The van der Waals surface area contributed by atoms with Crippen molar-refractivity contribution < 1.29 is 4.74 Å². The summed E-state index contributed by atoms with van der Waals surface area (Å²) in [5, 5.41) is 3.21. The summed E-state index contributed by atoms with van der Waals surface area (Å²) in [6.07, 6.45) is 0.440. The van der Waals surface area contributed by atoms with E-state index in [0.29, 0.717) is 12.9 Å². The maximum Gasteiger partial charge on any atom is 0.0979 e. The Morgan fingerprint density at radius 3 is 3.00 bits per heavy atom. The molecule has 0 spiro atoms. The first-order valence-corrected chi connectivity index (χ1v) is 3.36. The minimum atomic E-state index is 0.440. The number of rotatable bonds is 2. The molecule has 1 N–H and O–H groups in total. The molecule has 0 bridgehead atoms. The topological polar surface area (TPSA) is 24.5 Å². The maximum atomic E-state index is 5.13. The van der Waals surface area contributed by atoms with Crippen molar-refractivity contribution in [1.29, 1.82) is 0 Å². The van der Waals surface area contributed by atoms with E-state index in [0.717, 1.165) is 13.2 Å². The highest BCUT2D eigenvalue weighted by Crippen LogP contribution is 1.97. The van der Waals surface area contributed by atoms with Crippen LogP contribution in [0.25, 0.3) is 0 Å². The van der Waals surface area contributed by atoms with Crippen molar-refractivity contribution >= 4 is 0 Å². The second-order valence-corrected chi connectivity index (χ2v) is 2.31. The van der Waals surface area contributed by atoms with Crippen LogP contribution in [0.5, 0.6) is 0 Å². The fraction of sp³-hybridized carbons (Fsp3) is 1.00. The van der Waals surface area contributed by atoms with Crippen LogP contribution >= 0.6 is 0 Å². The van der Waals surface area contributed by atoms with E-state index in [1.807, 2.05) is 0 Å². The molecule has 1 heterocycles. The Kier molecular flexibility index (Phi) is 2.45. The van der Waals surface area contributed by atoms with Gasteiger partial charge in [0.05, 0.1) is 19.5 Å². The van der Waals surface area contributed by atoms with Crippen LogP contribution in [0.4, 0.5) is 0 Å². The van der Waals surface area contributed by atoms with Crippen molar-refractivity contribution in [2.75, 3.05) is 26.9 Å². The molecule has 0 aromatic carbocycles. The van der Waals surface area contributed by atoms with E-state index >= 15 is 0 Å². The second-order valence-electron chi connectivity index (χ2n) is 2.31. The Morgan fingerprint density at radius 2 is 2.56 bits per heavy atom. The molecule has 1 fully saturated rings. The summed E-state index contributed by atoms with van der Waals surface area (Å²) in [4.78, 5) is 2.23. The average molecular weight is 130 g/mol. The van der Waals surface area contributed by atoms with Crippen LogP contribution in [-0.2, 0) is 4.74 Å². The number of nitrogens with zero attached hydrogens (tertiary/aromatic N) is 1. The zero-order valence-electron chi connectivity index (χ0n) is 6.05. The minimum absolute atomic E-state index is 0.440. The van der Waals surface area contributed by atoms with E-state index in [2.05, 4.69) is 24.2 Å². The van der Waals surface area contributed by atoms with Crippen LogP contribution < -0.4 is 5.32 Å². The SMILES string of the molecule is CCN(C)[C@@H]1COCN1. The van der Waals surface area contributed by atoms with Gasteiger partial charge in [-0.05, 0) is 13.6 Å². The third-order valence-corrected chi connectivity index (χ3v) is 1.73. The first-order chi connectivity index (χ1) is 4.34. The lowest BCUT2D eigenvalue weighted by atomic mass is 10.4. The van der Waals surface area contributed by atoms with E-state index in [-0.39, 0.29) is 0 Å². The van der Waals surface area contributed by atoms with Crippen LogP contribution in [0.2, 0.25) is 0 Å². The molecular formula is C6H14N2O. The first-order valence-electron chi connectivity index (χ1n) is 3.36. The number of likely N-dealkylation sites (N-methyl/N-ethyl adjacent to an activating group) is 1. The smallest absolute Gasteiger partial charge is 0.0979 e. The number of ether oxygens (including phenoxy) is 1. The summed E-state index contributed by atoms with van der Waals surface area (Å²) in [6, 6.07) is 0. The molecule has 1 aliphatic heterocycles. The molecule has 0 aromatic heterocycles. The Bertz CT molecular complexity index is 81.1. The third kappa shape index (κ3) is 1.64. The van der Waals surface area contributed by atoms with E-state index < -0.39 is 0 Å². The van der Waals surface area contributed by atoms with Gasteiger partial charge in [0.2, 0.25) is 0 Å². The molecule has 9 heavy (non-hydrogen) atoms. The van der Waals surface area contributed by atoms with Crippen LogP contribution in [0.1, 0.15) is 6.92 Å². The van der Waals surface area contributed by atoms with E-state index in [4.69, 9.17) is 4.74 Å². The Labute approximate surface area is 56.0 Å². The van der Waals surface area contributed by atoms with E-state index in [9.17, 15) is 0 Å². The zero-order valence-corrected chi connectivity index (χ0v) is 6.05. The van der Waals surface area contributed by atoms with Crippen molar-refractivity contribution in [2.45, 2.75) is 13.1 Å². The Hall–Kier alpha value is -0.120. The minimum Gasteiger partial charge on any atom is -0.363 e. The van der Waals surface area contributed by atoms with Crippen LogP contribution in [0.15, 0.2) is 0 Å². The standard InChI is InChI=1S/C6H14N2O/c1-3-8(2)6-4-9-5-7-6/h6-7H,3-5H2,1-2H3/t6-/m1/s1. The average Bonchev–Trinajstić information content (AvgIpc) is 2.37. The lowest BCUT2D eigenvalue weighted by Crippen LogP contribution is -2.40. The molecule has 1 atom stereocenters. The van der Waals surface area contributed by atoms with Gasteiger partial charge in [0.15, 0.2) is 0 Å². The highest BCUT2D eigenvalue weighted by Gasteiger charge is 2.16. The van der Waals surface area contributed by atoms with Crippen molar-refractivity contribution in [3.8, 4) is 0 Å². The summed E-state index contributed by atoms with van der Waals surface area (Å²) in [5.74, 6) is 0. The monoisotopic (exact) mass is 130 g/mol. The third-order valence-electron chi connectivity index (χ3n) is 1.73. The van der Waals surface area contributed by atoms with Crippen LogP contribution in [0.3, 0.4) is 0 Å². The summed E-state index contributed by atoms with van der Waals surface area (Å²) in [6.45, 7) is 4.74. The molecule has 1 saturated heterocycles. The summed E-state index contributed by atoms with van der Waals surface area (Å²) < 4.78 is 5.13. The van der Waals surface area contributed by atoms with Gasteiger partial charge in [-0.2, -0.15) is 0 Å². The maximum absolute atomic E-state index is 5.13. The second kappa shape index (κ2) is 3.15. The van der Waals surface area contributed by atoms with Gasteiger partial charge in [-0.3, -0.25) is 10.2 Å². The zero-order chi connectivity index (χ0) is 6.69. The van der Waals surface area contributed by atoms with Gasteiger partial charge in [-0.1, -0.05) is 6.92 Å². The Balaban J connectivity index is 2.24. The fourth-order valence-corrected chi connectivity index (χ4v) is 0.888. The van der Waals surface area contributed by atoms with Gasteiger partial charge in [0, 0.05) is 0 Å². The van der Waals surface area contributed by atoms with Gasteiger partial charge in [0.25, 0.3) is 0 Å². The van der Waals surface area contributed by atoms with Gasteiger partial charge in [-0.15, -0.1) is 0 Å². The Morgan fingerprint density at radius 1 is 1.78 bits per heavy atom. The summed E-state index contributed by atoms with van der Waals surface area (Å²) in [5.41, 5.74) is 0. The number of hydrogen-bond acceptors (Lipinski definition) is 3.